The molecule has 146 valence electrons. The molecule has 0 saturated carbocycles. The summed E-state index contributed by atoms with van der Waals surface area (Å²) in [7, 11) is 0. The molecule has 1 unspecified atom stereocenters. The fourth-order valence-electron chi connectivity index (χ4n) is 3.44. The Balaban J connectivity index is 1.60. The van der Waals surface area contributed by atoms with Crippen LogP contribution in [0.2, 0.25) is 0 Å². The highest BCUT2D eigenvalue weighted by Gasteiger charge is 2.29. The molecule has 0 bridgehead atoms. The van der Waals surface area contributed by atoms with Crippen molar-refractivity contribution in [3.63, 3.8) is 0 Å². The molecular formula is C22H24N2O4. The molecule has 1 aliphatic rings. The minimum Gasteiger partial charge on any atom is -0.481 e. The maximum Gasteiger partial charge on any atom is 0.303 e. The van der Waals surface area contributed by atoms with Gasteiger partial charge in [0.15, 0.2) is 0 Å². The molecule has 2 amide bonds. The molecular weight excluding hydrogens is 356 g/mol. The van der Waals surface area contributed by atoms with E-state index < -0.39 is 5.97 Å². The zero-order valence-electron chi connectivity index (χ0n) is 15.6. The molecule has 28 heavy (non-hydrogen) atoms. The highest BCUT2D eigenvalue weighted by molar-refractivity contribution is 5.96. The van der Waals surface area contributed by atoms with E-state index in [1.807, 2.05) is 24.3 Å². The number of hydrogen-bond acceptors (Lipinski definition) is 3. The van der Waals surface area contributed by atoms with Crippen molar-refractivity contribution < 1.29 is 19.5 Å². The lowest BCUT2D eigenvalue weighted by molar-refractivity contribution is -0.137. The number of amides is 2. The van der Waals surface area contributed by atoms with Crippen molar-refractivity contribution in [3.05, 3.63) is 65.7 Å². The lowest BCUT2D eigenvalue weighted by Gasteiger charge is -2.32. The molecule has 1 saturated heterocycles. The Labute approximate surface area is 164 Å². The van der Waals surface area contributed by atoms with Crippen LogP contribution in [0.15, 0.2) is 54.6 Å². The molecule has 1 fully saturated rings. The number of rotatable bonds is 6. The number of aliphatic carboxylic acids is 1. The summed E-state index contributed by atoms with van der Waals surface area (Å²) in [5.74, 6) is -1.27. The summed E-state index contributed by atoms with van der Waals surface area (Å²) in [6, 6.07) is 16.3. The van der Waals surface area contributed by atoms with Crippen molar-refractivity contribution in [2.24, 2.45) is 5.92 Å². The Morgan fingerprint density at radius 2 is 1.86 bits per heavy atom. The standard InChI is InChI=1S/C22H24N2O4/c25-20(26)12-11-16-6-4-10-19(14-16)23-21(27)18-9-5-13-24(15-18)22(28)17-7-2-1-3-8-17/h1-4,6-8,10,14,18H,5,9,11-13,15H2,(H,23,27)(H,25,26). The normalized spacial score (nSPS) is 16.4. The van der Waals surface area contributed by atoms with Gasteiger partial charge in [-0.3, -0.25) is 14.4 Å². The molecule has 0 aliphatic carbocycles. The van der Waals surface area contributed by atoms with Gasteiger partial charge in [0, 0.05) is 30.8 Å². The molecule has 6 heteroatoms. The van der Waals surface area contributed by atoms with Gasteiger partial charge in [0.25, 0.3) is 5.91 Å². The van der Waals surface area contributed by atoms with Crippen molar-refractivity contribution >= 4 is 23.5 Å². The summed E-state index contributed by atoms with van der Waals surface area (Å²) in [6.45, 7) is 1.06. The van der Waals surface area contributed by atoms with Crippen LogP contribution in [-0.2, 0) is 16.0 Å². The second-order valence-electron chi connectivity index (χ2n) is 7.04. The number of anilines is 1. The summed E-state index contributed by atoms with van der Waals surface area (Å²) in [5, 5.41) is 11.7. The Hall–Kier alpha value is -3.15. The van der Waals surface area contributed by atoms with E-state index in [4.69, 9.17) is 5.11 Å². The lowest BCUT2D eigenvalue weighted by Crippen LogP contribution is -2.43. The largest absolute Gasteiger partial charge is 0.481 e. The monoisotopic (exact) mass is 380 g/mol. The predicted octanol–water partition coefficient (Wildman–Crippen LogP) is 3.19. The van der Waals surface area contributed by atoms with Gasteiger partial charge in [0.2, 0.25) is 5.91 Å². The number of benzene rings is 2. The number of likely N-dealkylation sites (tertiary alicyclic amines) is 1. The van der Waals surface area contributed by atoms with Crippen LogP contribution in [0.1, 0.15) is 35.2 Å². The van der Waals surface area contributed by atoms with Gasteiger partial charge < -0.3 is 15.3 Å². The van der Waals surface area contributed by atoms with Crippen molar-refractivity contribution in [1.82, 2.24) is 4.90 Å². The number of carbonyl (C=O) groups is 3. The average Bonchev–Trinajstić information content (AvgIpc) is 2.72. The van der Waals surface area contributed by atoms with Crippen LogP contribution >= 0.6 is 0 Å². The molecule has 6 nitrogen and oxygen atoms in total. The van der Waals surface area contributed by atoms with E-state index in [0.29, 0.717) is 30.8 Å². The minimum absolute atomic E-state index is 0.0474. The smallest absolute Gasteiger partial charge is 0.303 e. The summed E-state index contributed by atoms with van der Waals surface area (Å²) in [4.78, 5) is 37.8. The molecule has 2 aromatic rings. The third-order valence-electron chi connectivity index (χ3n) is 4.92. The van der Waals surface area contributed by atoms with Crippen molar-refractivity contribution in [1.29, 1.82) is 0 Å². The van der Waals surface area contributed by atoms with Crippen LogP contribution in [0.3, 0.4) is 0 Å². The Bertz CT molecular complexity index is 851. The molecule has 3 rings (SSSR count). The van der Waals surface area contributed by atoms with Crippen LogP contribution in [0.5, 0.6) is 0 Å². The number of carboxylic acids is 1. The number of aryl methyl sites for hydroxylation is 1. The second kappa shape index (κ2) is 9.17. The van der Waals surface area contributed by atoms with E-state index in [0.717, 1.165) is 18.4 Å². The van der Waals surface area contributed by atoms with Crippen LogP contribution in [0.4, 0.5) is 5.69 Å². The van der Waals surface area contributed by atoms with Gasteiger partial charge >= 0.3 is 5.97 Å². The van der Waals surface area contributed by atoms with E-state index >= 15 is 0 Å². The Kier molecular flexibility index (Phi) is 6.42. The van der Waals surface area contributed by atoms with Crippen LogP contribution < -0.4 is 5.32 Å². The van der Waals surface area contributed by atoms with Gasteiger partial charge in [-0.25, -0.2) is 0 Å². The summed E-state index contributed by atoms with van der Waals surface area (Å²) in [6.07, 6.45) is 2.00. The van der Waals surface area contributed by atoms with E-state index in [9.17, 15) is 14.4 Å². The van der Waals surface area contributed by atoms with Gasteiger partial charge in [-0.2, -0.15) is 0 Å². The number of nitrogens with zero attached hydrogens (tertiary/aromatic N) is 1. The number of carbonyl (C=O) groups excluding carboxylic acids is 2. The molecule has 0 radical (unpaired) electrons. The molecule has 1 heterocycles. The maximum atomic E-state index is 12.7. The number of piperidine rings is 1. The van der Waals surface area contributed by atoms with Crippen molar-refractivity contribution in [3.8, 4) is 0 Å². The number of hydrogen-bond donors (Lipinski definition) is 2. The van der Waals surface area contributed by atoms with Crippen molar-refractivity contribution in [2.75, 3.05) is 18.4 Å². The second-order valence-corrected chi connectivity index (χ2v) is 7.04. The topological polar surface area (TPSA) is 86.7 Å². The first kappa shape index (κ1) is 19.6. The molecule has 2 aromatic carbocycles. The first-order chi connectivity index (χ1) is 13.5. The molecule has 0 spiro atoms. The number of nitrogens with one attached hydrogen (secondary N) is 1. The highest BCUT2D eigenvalue weighted by atomic mass is 16.4. The SMILES string of the molecule is O=C(O)CCc1cccc(NC(=O)C2CCCN(C(=O)c3ccccc3)C2)c1. The summed E-state index contributed by atoms with van der Waals surface area (Å²) >= 11 is 0. The zero-order valence-corrected chi connectivity index (χ0v) is 15.6. The van der Waals surface area contributed by atoms with E-state index in [1.54, 1.807) is 35.2 Å². The van der Waals surface area contributed by atoms with Gasteiger partial charge in [0.1, 0.15) is 0 Å². The van der Waals surface area contributed by atoms with Crippen LogP contribution in [-0.4, -0.2) is 40.9 Å². The Morgan fingerprint density at radius 3 is 2.61 bits per heavy atom. The average molecular weight is 380 g/mol. The molecule has 0 aromatic heterocycles. The predicted molar refractivity (Wildman–Crippen MR) is 106 cm³/mol. The van der Waals surface area contributed by atoms with Gasteiger partial charge in [-0.1, -0.05) is 30.3 Å². The first-order valence-corrected chi connectivity index (χ1v) is 9.49. The van der Waals surface area contributed by atoms with Gasteiger partial charge in [-0.05, 0) is 49.1 Å². The fraction of sp³-hybridized carbons (Fsp3) is 0.318. The van der Waals surface area contributed by atoms with Gasteiger partial charge in [0.05, 0.1) is 5.92 Å². The highest BCUT2D eigenvalue weighted by Crippen LogP contribution is 2.21. The van der Waals surface area contributed by atoms with E-state index in [2.05, 4.69) is 5.32 Å². The summed E-state index contributed by atoms with van der Waals surface area (Å²) in [5.41, 5.74) is 2.15. The number of carboxylic acid groups (broad SMARTS) is 1. The molecule has 2 N–H and O–H groups in total. The van der Waals surface area contributed by atoms with Crippen LogP contribution in [0.25, 0.3) is 0 Å². The lowest BCUT2D eigenvalue weighted by atomic mass is 9.96. The summed E-state index contributed by atoms with van der Waals surface area (Å²) < 4.78 is 0. The minimum atomic E-state index is -0.847. The molecule has 1 atom stereocenters. The third kappa shape index (κ3) is 5.19. The Morgan fingerprint density at radius 1 is 1.07 bits per heavy atom. The first-order valence-electron chi connectivity index (χ1n) is 9.49. The van der Waals surface area contributed by atoms with Crippen molar-refractivity contribution in [2.45, 2.75) is 25.7 Å². The van der Waals surface area contributed by atoms with Crippen LogP contribution in [0, 0.1) is 5.92 Å². The van der Waals surface area contributed by atoms with Gasteiger partial charge in [-0.15, -0.1) is 0 Å². The van der Waals surface area contributed by atoms with E-state index in [-0.39, 0.29) is 24.2 Å². The maximum absolute atomic E-state index is 12.7. The quantitative estimate of drug-likeness (QED) is 0.806. The molecule has 1 aliphatic heterocycles. The fourth-order valence-corrected chi connectivity index (χ4v) is 3.44. The third-order valence-corrected chi connectivity index (χ3v) is 4.92. The van der Waals surface area contributed by atoms with E-state index in [1.165, 1.54) is 0 Å². The zero-order chi connectivity index (χ0) is 19.9.